The van der Waals surface area contributed by atoms with Crippen molar-refractivity contribution in [2.24, 2.45) is 11.8 Å². The van der Waals surface area contributed by atoms with Gasteiger partial charge in [0.2, 0.25) is 0 Å². The van der Waals surface area contributed by atoms with Gasteiger partial charge in [0, 0.05) is 30.2 Å². The van der Waals surface area contributed by atoms with E-state index in [9.17, 15) is 0 Å². The average molecular weight is 414 g/mol. The Balaban J connectivity index is 1.35. The smallest absolute Gasteiger partial charge is 0.0284 e. The minimum Gasteiger partial charge on any atom is -0.314 e. The molecular formula is C27H47N3. The number of hydrogen-bond acceptors (Lipinski definition) is 3. The average Bonchev–Trinajstić information content (AvgIpc) is 2.74. The van der Waals surface area contributed by atoms with E-state index in [4.69, 9.17) is 0 Å². The van der Waals surface area contributed by atoms with Crippen molar-refractivity contribution < 1.29 is 0 Å². The topological polar surface area (TPSA) is 27.3 Å². The molecule has 0 spiro atoms. The third-order valence-corrected chi connectivity index (χ3v) is 9.26. The summed E-state index contributed by atoms with van der Waals surface area (Å²) in [7, 11) is 0. The van der Waals surface area contributed by atoms with Gasteiger partial charge < -0.3 is 10.6 Å². The van der Waals surface area contributed by atoms with Crippen LogP contribution in [0.25, 0.3) is 0 Å². The molecule has 4 fully saturated rings. The first-order valence-electron chi connectivity index (χ1n) is 13.6. The highest BCUT2D eigenvalue weighted by molar-refractivity contribution is 5.26. The summed E-state index contributed by atoms with van der Waals surface area (Å²) in [5, 5.41) is 7.74. The maximum atomic E-state index is 3.87. The molecule has 170 valence electrons. The largest absolute Gasteiger partial charge is 0.314 e. The van der Waals surface area contributed by atoms with Crippen LogP contribution in [0.5, 0.6) is 0 Å². The summed E-state index contributed by atoms with van der Waals surface area (Å²) >= 11 is 0. The lowest BCUT2D eigenvalue weighted by atomic mass is 9.73. The molecule has 0 aromatic heterocycles. The van der Waals surface area contributed by atoms with Gasteiger partial charge in [-0.15, -0.1) is 0 Å². The molecule has 2 N–H and O–H groups in total. The highest BCUT2D eigenvalue weighted by Crippen LogP contribution is 2.43. The second-order valence-electron chi connectivity index (χ2n) is 11.8. The molecule has 0 aromatic carbocycles. The van der Waals surface area contributed by atoms with Crippen LogP contribution in [-0.2, 0) is 0 Å². The summed E-state index contributed by atoms with van der Waals surface area (Å²) in [5.74, 6) is 1.78. The number of rotatable bonds is 4. The lowest BCUT2D eigenvalue weighted by molar-refractivity contribution is -0.0219. The van der Waals surface area contributed by atoms with E-state index >= 15 is 0 Å². The van der Waals surface area contributed by atoms with Crippen LogP contribution < -0.4 is 10.6 Å². The fourth-order valence-electron chi connectivity index (χ4n) is 8.08. The Kier molecular flexibility index (Phi) is 6.89. The molecule has 4 saturated heterocycles. The Hall–Kier alpha value is -0.380. The van der Waals surface area contributed by atoms with Crippen molar-refractivity contribution in [1.82, 2.24) is 15.5 Å². The van der Waals surface area contributed by atoms with Crippen molar-refractivity contribution in [3.05, 3.63) is 11.1 Å². The van der Waals surface area contributed by atoms with Crippen LogP contribution >= 0.6 is 0 Å². The molecule has 0 radical (unpaired) electrons. The number of nitrogens with zero attached hydrogens (tertiary/aromatic N) is 1. The van der Waals surface area contributed by atoms with E-state index in [1.54, 1.807) is 0 Å². The maximum Gasteiger partial charge on any atom is 0.0284 e. The van der Waals surface area contributed by atoms with Crippen molar-refractivity contribution in [1.29, 1.82) is 0 Å². The van der Waals surface area contributed by atoms with Gasteiger partial charge in [-0.05, 0) is 102 Å². The lowest BCUT2D eigenvalue weighted by Crippen LogP contribution is -2.57. The van der Waals surface area contributed by atoms with E-state index in [1.165, 1.54) is 103 Å². The van der Waals surface area contributed by atoms with Gasteiger partial charge in [-0.1, -0.05) is 37.8 Å². The zero-order valence-electron chi connectivity index (χ0n) is 19.8. The molecular weight excluding hydrogens is 366 g/mol. The number of piperidine rings is 4. The van der Waals surface area contributed by atoms with Crippen LogP contribution in [0.4, 0.5) is 0 Å². The zero-order chi connectivity index (χ0) is 20.5. The second-order valence-corrected chi connectivity index (χ2v) is 11.8. The van der Waals surface area contributed by atoms with Crippen LogP contribution in [0, 0.1) is 11.8 Å². The van der Waals surface area contributed by atoms with E-state index < -0.39 is 0 Å². The van der Waals surface area contributed by atoms with Gasteiger partial charge in [-0.2, -0.15) is 0 Å². The van der Waals surface area contributed by atoms with Gasteiger partial charge in [0.05, 0.1) is 0 Å². The second kappa shape index (κ2) is 9.63. The van der Waals surface area contributed by atoms with Crippen molar-refractivity contribution in [2.75, 3.05) is 13.1 Å². The Morgan fingerprint density at radius 1 is 0.833 bits per heavy atom. The van der Waals surface area contributed by atoms with E-state index in [1.807, 2.05) is 11.1 Å². The van der Waals surface area contributed by atoms with Crippen LogP contribution in [0.2, 0.25) is 0 Å². The molecule has 4 heterocycles. The highest BCUT2D eigenvalue weighted by Gasteiger charge is 2.42. The summed E-state index contributed by atoms with van der Waals surface area (Å²) in [6, 6.07) is 4.00. The number of hydrogen-bond donors (Lipinski definition) is 2. The first kappa shape index (κ1) is 21.5. The monoisotopic (exact) mass is 413 g/mol. The minimum absolute atomic E-state index is 0.709. The van der Waals surface area contributed by atoms with Crippen LogP contribution in [0.1, 0.15) is 104 Å². The third kappa shape index (κ3) is 4.69. The molecule has 5 aliphatic rings. The molecule has 3 nitrogen and oxygen atoms in total. The molecule has 30 heavy (non-hydrogen) atoms. The first-order chi connectivity index (χ1) is 14.7. The molecule has 4 aliphatic heterocycles. The summed E-state index contributed by atoms with van der Waals surface area (Å²) in [4.78, 5) is 3.11. The lowest BCUT2D eigenvalue weighted by Gasteiger charge is -2.53. The third-order valence-electron chi connectivity index (χ3n) is 9.26. The number of fused-ring (bicyclic) bond motifs is 2. The summed E-state index contributed by atoms with van der Waals surface area (Å²) < 4.78 is 0. The van der Waals surface area contributed by atoms with Crippen molar-refractivity contribution in [2.45, 2.75) is 134 Å². The van der Waals surface area contributed by atoms with E-state index in [-0.39, 0.29) is 0 Å². The van der Waals surface area contributed by atoms with Gasteiger partial charge in [0.25, 0.3) is 0 Å². The van der Waals surface area contributed by atoms with Gasteiger partial charge in [0.15, 0.2) is 0 Å². The molecule has 0 amide bonds. The van der Waals surface area contributed by atoms with Crippen molar-refractivity contribution in [3.63, 3.8) is 0 Å². The molecule has 0 saturated carbocycles. The first-order valence-corrected chi connectivity index (χ1v) is 13.6. The fourth-order valence-corrected chi connectivity index (χ4v) is 8.08. The Morgan fingerprint density at radius 3 is 2.60 bits per heavy atom. The summed E-state index contributed by atoms with van der Waals surface area (Å²) in [6.45, 7) is 7.52. The van der Waals surface area contributed by atoms with Crippen molar-refractivity contribution in [3.8, 4) is 0 Å². The van der Waals surface area contributed by atoms with Gasteiger partial charge in [-0.3, -0.25) is 4.90 Å². The molecule has 3 heteroatoms. The summed E-state index contributed by atoms with van der Waals surface area (Å²) in [5.41, 5.74) is 3.72. The zero-order valence-corrected chi connectivity index (χ0v) is 19.8. The van der Waals surface area contributed by atoms with Crippen LogP contribution in [-0.4, -0.2) is 48.2 Å². The predicted octanol–water partition coefficient (Wildman–Crippen LogP) is 5.41. The molecule has 0 bridgehead atoms. The predicted molar refractivity (Wildman–Crippen MR) is 127 cm³/mol. The Bertz CT molecular complexity index is 607. The molecule has 0 aromatic rings. The van der Waals surface area contributed by atoms with E-state index in [0.717, 1.165) is 36.0 Å². The molecule has 0 unspecified atom stereocenters. The minimum atomic E-state index is 0.709. The SMILES string of the molecule is C[C@@H]1C[C@H]2CCC[C@H](CC3=C4CCCN[C@@H]4C[C@H](C)C3)N2[C@H](C[C@H]2CCCCN2)C1. The normalized spacial score (nSPS) is 43.2. The Labute approximate surface area is 185 Å². The van der Waals surface area contributed by atoms with E-state index in [2.05, 4.69) is 29.4 Å². The Morgan fingerprint density at radius 2 is 1.73 bits per heavy atom. The maximum absolute atomic E-state index is 3.87. The van der Waals surface area contributed by atoms with Gasteiger partial charge in [-0.25, -0.2) is 0 Å². The quantitative estimate of drug-likeness (QED) is 0.604. The molecule has 1 aliphatic carbocycles. The fraction of sp³-hybridized carbons (Fsp3) is 0.926. The molecule has 7 atom stereocenters. The highest BCUT2D eigenvalue weighted by atomic mass is 15.2. The standard InChI is InChI=1S/C27H47N3/c1-19-13-21(26-10-6-12-29-27(26)16-19)17-24-9-5-8-23-14-20(2)15-25(30(23)24)18-22-7-3-4-11-28-22/h19-20,22-25,27-29H,3-18H2,1-2H3/t19-,20-,22-,23-,24-,25+,27-/m1/s1. The van der Waals surface area contributed by atoms with E-state index in [0.29, 0.717) is 6.04 Å². The van der Waals surface area contributed by atoms with Crippen molar-refractivity contribution >= 4 is 0 Å². The van der Waals surface area contributed by atoms with Gasteiger partial charge in [0.1, 0.15) is 0 Å². The van der Waals surface area contributed by atoms with Crippen LogP contribution in [0.3, 0.4) is 0 Å². The summed E-state index contributed by atoms with van der Waals surface area (Å²) in [6.07, 6.45) is 19.8. The number of nitrogens with one attached hydrogen (secondary N) is 2. The molecule has 5 rings (SSSR count). The van der Waals surface area contributed by atoms with Crippen LogP contribution in [0.15, 0.2) is 11.1 Å². The van der Waals surface area contributed by atoms with Gasteiger partial charge >= 0.3 is 0 Å².